The number of fused-ring (bicyclic) bond motifs is 1. The van der Waals surface area contributed by atoms with Crippen molar-refractivity contribution in [2.24, 2.45) is 5.92 Å². The first-order valence-electron chi connectivity index (χ1n) is 6.36. The van der Waals surface area contributed by atoms with Crippen LogP contribution in [0.1, 0.15) is 17.7 Å². The van der Waals surface area contributed by atoms with Gasteiger partial charge in [-0.15, -0.1) is 11.3 Å². The zero-order valence-corrected chi connectivity index (χ0v) is 12.3. The molecule has 1 aliphatic heterocycles. The van der Waals surface area contributed by atoms with Crippen molar-refractivity contribution in [1.29, 1.82) is 0 Å². The van der Waals surface area contributed by atoms with E-state index in [-0.39, 0.29) is 5.28 Å². The zero-order valence-electron chi connectivity index (χ0n) is 10.7. The third kappa shape index (κ3) is 2.99. The highest BCUT2D eigenvalue weighted by atomic mass is 35.5. The number of hydrogen-bond acceptors (Lipinski definition) is 5. The molecular weight excluding hydrogens is 284 g/mol. The van der Waals surface area contributed by atoms with Crippen LogP contribution < -0.4 is 4.74 Å². The minimum atomic E-state index is 0.247. The van der Waals surface area contributed by atoms with Gasteiger partial charge in [-0.1, -0.05) is 0 Å². The van der Waals surface area contributed by atoms with Gasteiger partial charge in [0.1, 0.15) is 4.83 Å². The summed E-state index contributed by atoms with van der Waals surface area (Å²) in [5.74, 6) is 1.14. The minimum absolute atomic E-state index is 0.247. The standard InChI is InChI=1S/C13H15ClN2O2S/c1-8-6-10-11(15-13(14)16-12(10)19-8)18-7-9-2-4-17-5-3-9/h6,9H,2-5,7H2,1H3. The van der Waals surface area contributed by atoms with Crippen LogP contribution in [0.5, 0.6) is 5.88 Å². The Hall–Kier alpha value is -0.910. The molecule has 0 atom stereocenters. The molecule has 0 aromatic carbocycles. The number of aryl methyl sites for hydroxylation is 1. The molecule has 0 spiro atoms. The van der Waals surface area contributed by atoms with Crippen LogP contribution in [0.25, 0.3) is 10.2 Å². The van der Waals surface area contributed by atoms with E-state index in [0.29, 0.717) is 18.4 Å². The average Bonchev–Trinajstić information content (AvgIpc) is 2.77. The molecule has 1 fully saturated rings. The molecule has 0 radical (unpaired) electrons. The fourth-order valence-corrected chi connectivity index (χ4v) is 3.29. The van der Waals surface area contributed by atoms with E-state index in [1.165, 1.54) is 4.88 Å². The van der Waals surface area contributed by atoms with E-state index in [1.54, 1.807) is 11.3 Å². The van der Waals surface area contributed by atoms with Crippen LogP contribution in [0.3, 0.4) is 0 Å². The summed E-state index contributed by atoms with van der Waals surface area (Å²) in [6.07, 6.45) is 2.09. The summed E-state index contributed by atoms with van der Waals surface area (Å²) in [4.78, 5) is 10.5. The lowest BCUT2D eigenvalue weighted by Gasteiger charge is -2.21. The van der Waals surface area contributed by atoms with Crippen molar-refractivity contribution in [3.05, 3.63) is 16.2 Å². The van der Waals surface area contributed by atoms with Crippen LogP contribution in [-0.2, 0) is 4.74 Å². The molecule has 0 unspecified atom stereocenters. The molecule has 0 amide bonds. The van der Waals surface area contributed by atoms with Crippen molar-refractivity contribution in [3.63, 3.8) is 0 Å². The molecule has 102 valence electrons. The Kier molecular flexibility index (Phi) is 3.86. The van der Waals surface area contributed by atoms with Crippen LogP contribution in [0.4, 0.5) is 0 Å². The Morgan fingerprint density at radius 1 is 1.42 bits per heavy atom. The minimum Gasteiger partial charge on any atom is -0.477 e. The lowest BCUT2D eigenvalue weighted by atomic mass is 10.0. The molecule has 0 N–H and O–H groups in total. The molecule has 0 bridgehead atoms. The van der Waals surface area contributed by atoms with Gasteiger partial charge < -0.3 is 9.47 Å². The van der Waals surface area contributed by atoms with Crippen molar-refractivity contribution >= 4 is 33.2 Å². The SMILES string of the molecule is Cc1cc2c(OCC3CCOCC3)nc(Cl)nc2s1. The van der Waals surface area contributed by atoms with Gasteiger partial charge in [-0.05, 0) is 43.4 Å². The highest BCUT2D eigenvalue weighted by Crippen LogP contribution is 2.31. The maximum absolute atomic E-state index is 5.94. The second-order valence-electron chi connectivity index (χ2n) is 4.74. The summed E-state index contributed by atoms with van der Waals surface area (Å²) in [6, 6.07) is 2.05. The Balaban J connectivity index is 1.79. The lowest BCUT2D eigenvalue weighted by Crippen LogP contribution is -2.21. The predicted octanol–water partition coefficient (Wildman–Crippen LogP) is 3.46. The summed E-state index contributed by atoms with van der Waals surface area (Å²) >= 11 is 7.55. The van der Waals surface area contributed by atoms with E-state index in [4.69, 9.17) is 21.1 Å². The van der Waals surface area contributed by atoms with E-state index in [1.807, 2.05) is 6.92 Å². The predicted molar refractivity (Wildman–Crippen MR) is 76.2 cm³/mol. The number of aromatic nitrogens is 2. The summed E-state index contributed by atoms with van der Waals surface area (Å²) in [7, 11) is 0. The van der Waals surface area contributed by atoms with E-state index >= 15 is 0 Å². The van der Waals surface area contributed by atoms with E-state index in [0.717, 1.165) is 36.3 Å². The quantitative estimate of drug-likeness (QED) is 0.814. The van der Waals surface area contributed by atoms with E-state index in [9.17, 15) is 0 Å². The van der Waals surface area contributed by atoms with E-state index < -0.39 is 0 Å². The number of hydrogen-bond donors (Lipinski definition) is 0. The van der Waals surface area contributed by atoms with Crippen LogP contribution >= 0.6 is 22.9 Å². The van der Waals surface area contributed by atoms with Gasteiger partial charge in [-0.3, -0.25) is 0 Å². The molecule has 19 heavy (non-hydrogen) atoms. The molecule has 0 aliphatic carbocycles. The third-order valence-corrected chi connectivity index (χ3v) is 4.36. The van der Waals surface area contributed by atoms with Crippen molar-refractivity contribution in [2.75, 3.05) is 19.8 Å². The van der Waals surface area contributed by atoms with Gasteiger partial charge in [0.25, 0.3) is 0 Å². The molecule has 3 rings (SSSR count). The Morgan fingerprint density at radius 3 is 3.00 bits per heavy atom. The van der Waals surface area contributed by atoms with Crippen LogP contribution in [0.15, 0.2) is 6.07 Å². The maximum Gasteiger partial charge on any atom is 0.227 e. The summed E-state index contributed by atoms with van der Waals surface area (Å²) in [6.45, 7) is 4.36. The summed E-state index contributed by atoms with van der Waals surface area (Å²) in [5, 5.41) is 1.20. The third-order valence-electron chi connectivity index (χ3n) is 3.25. The molecule has 1 aliphatic rings. The largest absolute Gasteiger partial charge is 0.477 e. The molecule has 3 heterocycles. The van der Waals surface area contributed by atoms with Gasteiger partial charge in [0, 0.05) is 18.1 Å². The highest BCUT2D eigenvalue weighted by molar-refractivity contribution is 7.18. The Labute approximate surface area is 120 Å². The topological polar surface area (TPSA) is 44.2 Å². The average molecular weight is 299 g/mol. The van der Waals surface area contributed by atoms with Gasteiger partial charge in [-0.25, -0.2) is 4.98 Å². The molecular formula is C13H15ClN2O2S. The van der Waals surface area contributed by atoms with Gasteiger partial charge in [0.2, 0.25) is 11.2 Å². The molecule has 0 saturated carbocycles. The highest BCUT2D eigenvalue weighted by Gasteiger charge is 2.17. The maximum atomic E-state index is 5.94. The summed E-state index contributed by atoms with van der Waals surface area (Å²) < 4.78 is 11.2. The number of ether oxygens (including phenoxy) is 2. The molecule has 1 saturated heterocycles. The zero-order chi connectivity index (χ0) is 13.2. The first kappa shape index (κ1) is 13.1. The van der Waals surface area contributed by atoms with Crippen molar-refractivity contribution in [1.82, 2.24) is 9.97 Å². The lowest BCUT2D eigenvalue weighted by molar-refractivity contribution is 0.0493. The number of halogens is 1. The second-order valence-corrected chi connectivity index (χ2v) is 6.31. The van der Waals surface area contributed by atoms with E-state index in [2.05, 4.69) is 16.0 Å². The van der Waals surface area contributed by atoms with Crippen LogP contribution in [0.2, 0.25) is 5.28 Å². The van der Waals surface area contributed by atoms with Gasteiger partial charge in [0.05, 0.1) is 12.0 Å². The monoisotopic (exact) mass is 298 g/mol. The summed E-state index contributed by atoms with van der Waals surface area (Å²) in [5.41, 5.74) is 0. The van der Waals surface area contributed by atoms with Crippen molar-refractivity contribution in [3.8, 4) is 5.88 Å². The van der Waals surface area contributed by atoms with Crippen molar-refractivity contribution < 1.29 is 9.47 Å². The smallest absolute Gasteiger partial charge is 0.227 e. The van der Waals surface area contributed by atoms with Crippen LogP contribution in [0, 0.1) is 12.8 Å². The van der Waals surface area contributed by atoms with Gasteiger partial charge >= 0.3 is 0 Å². The van der Waals surface area contributed by atoms with Gasteiger partial charge in [0.15, 0.2) is 0 Å². The van der Waals surface area contributed by atoms with Crippen molar-refractivity contribution in [2.45, 2.75) is 19.8 Å². The first-order chi connectivity index (χ1) is 9.22. The fourth-order valence-electron chi connectivity index (χ4n) is 2.21. The molecule has 2 aromatic heterocycles. The number of nitrogens with zero attached hydrogens (tertiary/aromatic N) is 2. The van der Waals surface area contributed by atoms with Crippen LogP contribution in [-0.4, -0.2) is 29.8 Å². The second kappa shape index (κ2) is 5.61. The Morgan fingerprint density at radius 2 is 2.21 bits per heavy atom. The van der Waals surface area contributed by atoms with Gasteiger partial charge in [-0.2, -0.15) is 4.98 Å². The number of thiophene rings is 1. The normalized spacial score (nSPS) is 16.9. The molecule has 2 aromatic rings. The molecule has 6 heteroatoms. The number of rotatable bonds is 3. The first-order valence-corrected chi connectivity index (χ1v) is 7.56. The Bertz CT molecular complexity index is 581. The fraction of sp³-hybridized carbons (Fsp3) is 0.538. The molecule has 4 nitrogen and oxygen atoms in total.